The second-order valence-electron chi connectivity index (χ2n) is 3.60. The molecule has 6 heteroatoms. The number of carbonyl (C=O) groups is 1. The van der Waals surface area contributed by atoms with Crippen LogP contribution in [0.1, 0.15) is 25.6 Å². The van der Waals surface area contributed by atoms with Gasteiger partial charge >= 0.3 is 0 Å². The van der Waals surface area contributed by atoms with Gasteiger partial charge in [-0.15, -0.1) is 0 Å². The van der Waals surface area contributed by atoms with Crippen LogP contribution < -0.4 is 10.6 Å². The zero-order valence-corrected chi connectivity index (χ0v) is 9.46. The Labute approximate surface area is 92.5 Å². The van der Waals surface area contributed by atoms with Crippen molar-refractivity contribution in [3.8, 4) is 0 Å². The predicted octanol–water partition coefficient (Wildman–Crippen LogP) is 0.555. The maximum absolute atomic E-state index is 11.2. The van der Waals surface area contributed by atoms with Crippen molar-refractivity contribution in [1.82, 2.24) is 9.36 Å². The van der Waals surface area contributed by atoms with Crippen molar-refractivity contribution in [2.75, 3.05) is 11.4 Å². The zero-order chi connectivity index (χ0) is 10.8. The highest BCUT2D eigenvalue weighted by molar-refractivity contribution is 7.09. The van der Waals surface area contributed by atoms with E-state index in [0.717, 1.165) is 36.8 Å². The number of primary amides is 1. The van der Waals surface area contributed by atoms with Crippen LogP contribution in [0.4, 0.5) is 5.13 Å². The van der Waals surface area contributed by atoms with Gasteiger partial charge in [0.25, 0.3) is 0 Å². The Hall–Kier alpha value is -1.17. The van der Waals surface area contributed by atoms with Crippen molar-refractivity contribution in [1.29, 1.82) is 0 Å². The van der Waals surface area contributed by atoms with Crippen molar-refractivity contribution in [2.24, 2.45) is 5.73 Å². The lowest BCUT2D eigenvalue weighted by atomic mass is 10.2. The van der Waals surface area contributed by atoms with Crippen LogP contribution in [-0.2, 0) is 11.2 Å². The van der Waals surface area contributed by atoms with E-state index in [9.17, 15) is 4.79 Å². The summed E-state index contributed by atoms with van der Waals surface area (Å²) in [5.41, 5.74) is 5.34. The summed E-state index contributed by atoms with van der Waals surface area (Å²) in [5.74, 6) is 0.575. The van der Waals surface area contributed by atoms with Crippen molar-refractivity contribution >= 4 is 22.6 Å². The minimum absolute atomic E-state index is 0.192. The standard InChI is InChI=1S/C9H14N4OS/c1-2-7-11-9(15-12-7)13-5-3-4-6(13)8(10)14/h6H,2-5H2,1H3,(H2,10,14). The number of hydrogen-bond donors (Lipinski definition) is 1. The van der Waals surface area contributed by atoms with E-state index in [-0.39, 0.29) is 11.9 Å². The molecule has 5 nitrogen and oxygen atoms in total. The Morgan fingerprint density at radius 2 is 2.53 bits per heavy atom. The average molecular weight is 226 g/mol. The molecule has 0 aromatic carbocycles. The molecule has 1 amide bonds. The highest BCUT2D eigenvalue weighted by Gasteiger charge is 2.31. The van der Waals surface area contributed by atoms with Gasteiger partial charge in [-0.2, -0.15) is 4.37 Å². The quantitative estimate of drug-likeness (QED) is 0.817. The van der Waals surface area contributed by atoms with Crippen LogP contribution in [0.15, 0.2) is 0 Å². The van der Waals surface area contributed by atoms with E-state index in [1.54, 1.807) is 0 Å². The normalized spacial score (nSPS) is 20.9. The highest BCUT2D eigenvalue weighted by atomic mass is 32.1. The maximum atomic E-state index is 11.2. The molecule has 1 aromatic rings. The van der Waals surface area contributed by atoms with Crippen LogP contribution in [-0.4, -0.2) is 27.9 Å². The molecule has 1 saturated heterocycles. The highest BCUT2D eigenvalue weighted by Crippen LogP contribution is 2.26. The van der Waals surface area contributed by atoms with Crippen LogP contribution in [0.2, 0.25) is 0 Å². The van der Waals surface area contributed by atoms with E-state index in [1.807, 2.05) is 11.8 Å². The fourth-order valence-electron chi connectivity index (χ4n) is 1.80. The second-order valence-corrected chi connectivity index (χ2v) is 4.33. The molecule has 15 heavy (non-hydrogen) atoms. The van der Waals surface area contributed by atoms with Gasteiger partial charge in [-0.1, -0.05) is 6.92 Å². The number of aromatic nitrogens is 2. The van der Waals surface area contributed by atoms with Gasteiger partial charge in [0, 0.05) is 24.5 Å². The Kier molecular flexibility index (Phi) is 2.86. The minimum atomic E-state index is -0.263. The molecule has 82 valence electrons. The number of nitrogens with zero attached hydrogens (tertiary/aromatic N) is 3. The van der Waals surface area contributed by atoms with E-state index in [1.165, 1.54) is 11.5 Å². The molecule has 2 heterocycles. The van der Waals surface area contributed by atoms with Crippen molar-refractivity contribution < 1.29 is 4.79 Å². The largest absolute Gasteiger partial charge is 0.368 e. The lowest BCUT2D eigenvalue weighted by Crippen LogP contribution is -2.40. The summed E-state index contributed by atoms with van der Waals surface area (Å²) >= 11 is 1.35. The van der Waals surface area contributed by atoms with E-state index >= 15 is 0 Å². The lowest BCUT2D eigenvalue weighted by molar-refractivity contribution is -0.119. The Bertz CT molecular complexity index is 365. The molecule has 1 fully saturated rings. The molecule has 1 atom stereocenters. The van der Waals surface area contributed by atoms with Gasteiger partial charge in [0.2, 0.25) is 11.0 Å². The molecule has 0 radical (unpaired) electrons. The first kappa shape index (κ1) is 10.4. The monoisotopic (exact) mass is 226 g/mol. The lowest BCUT2D eigenvalue weighted by Gasteiger charge is -2.20. The van der Waals surface area contributed by atoms with Crippen LogP contribution in [0.3, 0.4) is 0 Å². The second kappa shape index (κ2) is 4.14. The smallest absolute Gasteiger partial charge is 0.240 e. The summed E-state index contributed by atoms with van der Waals surface area (Å²) in [4.78, 5) is 17.5. The van der Waals surface area contributed by atoms with Crippen LogP contribution in [0, 0.1) is 0 Å². The van der Waals surface area contributed by atoms with Gasteiger partial charge in [-0.25, -0.2) is 4.98 Å². The third kappa shape index (κ3) is 1.94. The van der Waals surface area contributed by atoms with E-state index < -0.39 is 0 Å². The molecule has 0 spiro atoms. The molecular weight excluding hydrogens is 212 g/mol. The number of aryl methyl sites for hydroxylation is 1. The summed E-state index contributed by atoms with van der Waals surface area (Å²) < 4.78 is 4.21. The Morgan fingerprint density at radius 1 is 1.73 bits per heavy atom. The first-order chi connectivity index (χ1) is 7.22. The van der Waals surface area contributed by atoms with Crippen molar-refractivity contribution in [3.05, 3.63) is 5.82 Å². The van der Waals surface area contributed by atoms with Crippen LogP contribution in [0.25, 0.3) is 0 Å². The van der Waals surface area contributed by atoms with E-state index in [2.05, 4.69) is 9.36 Å². The SMILES string of the molecule is CCc1nsc(N2CCCC2C(N)=O)n1. The average Bonchev–Trinajstić information content (AvgIpc) is 2.85. The predicted molar refractivity (Wildman–Crippen MR) is 58.8 cm³/mol. The van der Waals surface area contributed by atoms with Crippen LogP contribution in [0.5, 0.6) is 0 Å². The topological polar surface area (TPSA) is 72.1 Å². The number of amides is 1. The van der Waals surface area contributed by atoms with Gasteiger partial charge < -0.3 is 10.6 Å². The fourth-order valence-corrected chi connectivity index (χ4v) is 2.62. The van der Waals surface area contributed by atoms with Crippen molar-refractivity contribution in [2.45, 2.75) is 32.2 Å². The molecule has 0 saturated carbocycles. The molecular formula is C9H14N4OS. The summed E-state index contributed by atoms with van der Waals surface area (Å²) in [6, 6.07) is -0.192. The van der Waals surface area contributed by atoms with Crippen LogP contribution >= 0.6 is 11.5 Å². The van der Waals surface area contributed by atoms with Crippen molar-refractivity contribution in [3.63, 3.8) is 0 Å². The van der Waals surface area contributed by atoms with E-state index in [0.29, 0.717) is 0 Å². The fraction of sp³-hybridized carbons (Fsp3) is 0.667. The third-order valence-electron chi connectivity index (χ3n) is 2.60. The Balaban J connectivity index is 2.18. The molecule has 1 aliphatic heterocycles. The van der Waals surface area contributed by atoms with Gasteiger partial charge in [0.05, 0.1) is 0 Å². The van der Waals surface area contributed by atoms with Gasteiger partial charge in [0.15, 0.2) is 0 Å². The molecule has 2 rings (SSSR count). The number of nitrogens with two attached hydrogens (primary N) is 1. The third-order valence-corrected chi connectivity index (χ3v) is 3.39. The summed E-state index contributed by atoms with van der Waals surface area (Å²) in [6.07, 6.45) is 2.65. The molecule has 1 unspecified atom stereocenters. The molecule has 2 N–H and O–H groups in total. The van der Waals surface area contributed by atoms with Gasteiger partial charge in [-0.3, -0.25) is 4.79 Å². The number of hydrogen-bond acceptors (Lipinski definition) is 5. The molecule has 0 bridgehead atoms. The first-order valence-corrected chi connectivity index (χ1v) is 5.88. The molecule has 0 aliphatic carbocycles. The maximum Gasteiger partial charge on any atom is 0.240 e. The van der Waals surface area contributed by atoms with Gasteiger partial charge in [-0.05, 0) is 12.8 Å². The molecule has 1 aromatic heterocycles. The summed E-state index contributed by atoms with van der Waals surface area (Å²) in [7, 11) is 0. The molecule has 1 aliphatic rings. The first-order valence-electron chi connectivity index (χ1n) is 5.11. The summed E-state index contributed by atoms with van der Waals surface area (Å²) in [6.45, 7) is 2.87. The minimum Gasteiger partial charge on any atom is -0.368 e. The van der Waals surface area contributed by atoms with E-state index in [4.69, 9.17) is 5.73 Å². The zero-order valence-electron chi connectivity index (χ0n) is 8.64. The number of anilines is 1. The number of carbonyl (C=O) groups excluding carboxylic acids is 1. The Morgan fingerprint density at radius 3 is 3.13 bits per heavy atom. The summed E-state index contributed by atoms with van der Waals surface area (Å²) in [5, 5.41) is 0.827. The number of rotatable bonds is 3. The van der Waals surface area contributed by atoms with Gasteiger partial charge in [0.1, 0.15) is 11.9 Å².